The SMILES string of the molecule is C[C@H](CC(C[C@@H](C)OCc1ccccc1)O[Si](C)(C)C(C)(C)C)OCc1ccccc1. The molecule has 0 fully saturated rings. The molecule has 0 unspecified atom stereocenters. The first kappa shape index (κ1) is 25.8. The van der Waals surface area contributed by atoms with E-state index in [2.05, 4.69) is 96.2 Å². The third kappa shape index (κ3) is 9.28. The summed E-state index contributed by atoms with van der Waals surface area (Å²) in [6.45, 7) is 17.1. The fraction of sp³-hybridized carbons (Fsp3) is 0.556. The van der Waals surface area contributed by atoms with Gasteiger partial charge in [-0.15, -0.1) is 0 Å². The fourth-order valence-electron chi connectivity index (χ4n) is 3.29. The third-order valence-electron chi connectivity index (χ3n) is 6.21. The second kappa shape index (κ2) is 12.0. The van der Waals surface area contributed by atoms with Gasteiger partial charge in [0.2, 0.25) is 0 Å². The Bertz CT molecular complexity index is 689. The van der Waals surface area contributed by atoms with Crippen molar-refractivity contribution < 1.29 is 13.9 Å². The minimum atomic E-state index is -1.89. The van der Waals surface area contributed by atoms with Gasteiger partial charge in [-0.3, -0.25) is 0 Å². The summed E-state index contributed by atoms with van der Waals surface area (Å²) in [6, 6.07) is 20.7. The molecule has 0 N–H and O–H groups in total. The summed E-state index contributed by atoms with van der Waals surface area (Å²) in [5.74, 6) is 0. The first-order valence-electron chi connectivity index (χ1n) is 11.6. The summed E-state index contributed by atoms with van der Waals surface area (Å²) in [7, 11) is -1.89. The predicted molar refractivity (Wildman–Crippen MR) is 133 cm³/mol. The van der Waals surface area contributed by atoms with Gasteiger partial charge in [0.15, 0.2) is 8.32 Å². The molecule has 2 aromatic carbocycles. The van der Waals surface area contributed by atoms with E-state index in [4.69, 9.17) is 13.9 Å². The molecule has 2 rings (SSSR count). The van der Waals surface area contributed by atoms with Gasteiger partial charge in [-0.25, -0.2) is 0 Å². The quantitative estimate of drug-likeness (QED) is 0.321. The molecule has 4 heteroatoms. The molecule has 2 atom stereocenters. The van der Waals surface area contributed by atoms with Crippen molar-refractivity contribution in [2.24, 2.45) is 0 Å². The van der Waals surface area contributed by atoms with Crippen LogP contribution in [0.5, 0.6) is 0 Å². The van der Waals surface area contributed by atoms with Crippen LogP contribution in [0.3, 0.4) is 0 Å². The Balaban J connectivity index is 1.96. The second-order valence-corrected chi connectivity index (χ2v) is 14.9. The summed E-state index contributed by atoms with van der Waals surface area (Å²) >= 11 is 0. The van der Waals surface area contributed by atoms with Crippen LogP contribution in [0.4, 0.5) is 0 Å². The molecule has 0 heterocycles. The molecule has 0 saturated carbocycles. The highest BCUT2D eigenvalue weighted by Gasteiger charge is 2.39. The Hall–Kier alpha value is -1.46. The van der Waals surface area contributed by atoms with Gasteiger partial charge in [-0.05, 0) is 55.9 Å². The highest BCUT2D eigenvalue weighted by atomic mass is 28.4. The average molecular weight is 443 g/mol. The molecule has 3 nitrogen and oxygen atoms in total. The van der Waals surface area contributed by atoms with E-state index in [-0.39, 0.29) is 23.4 Å². The fourth-order valence-corrected chi connectivity index (χ4v) is 4.67. The van der Waals surface area contributed by atoms with E-state index < -0.39 is 8.32 Å². The van der Waals surface area contributed by atoms with Crippen LogP contribution in [0.2, 0.25) is 18.1 Å². The molecule has 0 aliphatic carbocycles. The Labute approximate surface area is 191 Å². The van der Waals surface area contributed by atoms with Crippen LogP contribution < -0.4 is 0 Å². The highest BCUT2D eigenvalue weighted by molar-refractivity contribution is 6.74. The molecule has 0 spiro atoms. The van der Waals surface area contributed by atoms with E-state index >= 15 is 0 Å². The molecule has 172 valence electrons. The van der Waals surface area contributed by atoms with Gasteiger partial charge in [-0.1, -0.05) is 81.4 Å². The van der Waals surface area contributed by atoms with Crippen LogP contribution in [0, 0.1) is 0 Å². The summed E-state index contributed by atoms with van der Waals surface area (Å²) in [4.78, 5) is 0. The van der Waals surface area contributed by atoms with Gasteiger partial charge in [0.05, 0.1) is 25.4 Å². The Morgan fingerprint density at radius 1 is 0.710 bits per heavy atom. The van der Waals surface area contributed by atoms with Gasteiger partial charge in [0.25, 0.3) is 0 Å². The van der Waals surface area contributed by atoms with Crippen molar-refractivity contribution in [1.82, 2.24) is 0 Å². The topological polar surface area (TPSA) is 27.7 Å². The molecule has 0 amide bonds. The third-order valence-corrected chi connectivity index (χ3v) is 10.7. The molecule has 0 aromatic heterocycles. The molecular weight excluding hydrogens is 400 g/mol. The molecular formula is C27H42O3Si. The monoisotopic (exact) mass is 442 g/mol. The van der Waals surface area contributed by atoms with Crippen molar-refractivity contribution in [3.63, 3.8) is 0 Å². The smallest absolute Gasteiger partial charge is 0.192 e. The molecule has 2 aromatic rings. The summed E-state index contributed by atoms with van der Waals surface area (Å²) in [5, 5.41) is 0.174. The van der Waals surface area contributed by atoms with Crippen molar-refractivity contribution in [2.75, 3.05) is 0 Å². The maximum absolute atomic E-state index is 6.83. The lowest BCUT2D eigenvalue weighted by Gasteiger charge is -2.40. The van der Waals surface area contributed by atoms with E-state index in [1.165, 1.54) is 11.1 Å². The van der Waals surface area contributed by atoms with Crippen LogP contribution in [-0.2, 0) is 27.1 Å². The van der Waals surface area contributed by atoms with Crippen LogP contribution in [-0.4, -0.2) is 26.6 Å². The number of ether oxygens (including phenoxy) is 2. The molecule has 0 saturated heterocycles. The molecule has 0 bridgehead atoms. The predicted octanol–water partition coefficient (Wildman–Crippen LogP) is 7.37. The van der Waals surface area contributed by atoms with Crippen molar-refractivity contribution in [2.45, 2.75) is 97.1 Å². The van der Waals surface area contributed by atoms with Gasteiger partial charge < -0.3 is 13.9 Å². The zero-order chi connectivity index (χ0) is 22.9. The minimum Gasteiger partial charge on any atom is -0.414 e. The average Bonchev–Trinajstić information content (AvgIpc) is 2.71. The van der Waals surface area contributed by atoms with Crippen LogP contribution in [0.25, 0.3) is 0 Å². The van der Waals surface area contributed by atoms with E-state index in [9.17, 15) is 0 Å². The number of rotatable bonds is 12. The molecule has 0 aliphatic rings. The lowest BCUT2D eigenvalue weighted by atomic mass is 10.1. The van der Waals surface area contributed by atoms with Crippen LogP contribution in [0.15, 0.2) is 60.7 Å². The summed E-state index contributed by atoms with van der Waals surface area (Å²) < 4.78 is 19.2. The van der Waals surface area contributed by atoms with Crippen molar-refractivity contribution in [1.29, 1.82) is 0 Å². The van der Waals surface area contributed by atoms with Crippen molar-refractivity contribution >= 4 is 8.32 Å². The molecule has 31 heavy (non-hydrogen) atoms. The number of hydrogen-bond donors (Lipinski definition) is 0. The summed E-state index contributed by atoms with van der Waals surface area (Å²) in [5.41, 5.74) is 2.41. The zero-order valence-corrected chi connectivity index (χ0v) is 21.6. The van der Waals surface area contributed by atoms with E-state index in [0.717, 1.165) is 12.8 Å². The maximum Gasteiger partial charge on any atom is 0.192 e. The Kier molecular flexibility index (Phi) is 9.95. The van der Waals surface area contributed by atoms with Gasteiger partial charge in [0, 0.05) is 6.10 Å². The summed E-state index contributed by atoms with van der Waals surface area (Å²) in [6.07, 6.45) is 2.11. The maximum atomic E-state index is 6.83. The van der Waals surface area contributed by atoms with E-state index in [1.54, 1.807) is 0 Å². The first-order chi connectivity index (χ1) is 14.6. The van der Waals surface area contributed by atoms with E-state index in [0.29, 0.717) is 13.2 Å². The lowest BCUT2D eigenvalue weighted by molar-refractivity contribution is -0.0136. The number of hydrogen-bond acceptors (Lipinski definition) is 3. The van der Waals surface area contributed by atoms with Gasteiger partial charge in [-0.2, -0.15) is 0 Å². The Morgan fingerprint density at radius 2 is 1.10 bits per heavy atom. The van der Waals surface area contributed by atoms with E-state index in [1.807, 2.05) is 12.1 Å². The van der Waals surface area contributed by atoms with Gasteiger partial charge >= 0.3 is 0 Å². The van der Waals surface area contributed by atoms with Crippen LogP contribution in [0.1, 0.15) is 58.6 Å². The minimum absolute atomic E-state index is 0.122. The van der Waals surface area contributed by atoms with Crippen molar-refractivity contribution in [3.8, 4) is 0 Å². The highest BCUT2D eigenvalue weighted by Crippen LogP contribution is 2.38. The largest absolute Gasteiger partial charge is 0.414 e. The number of benzene rings is 2. The zero-order valence-electron chi connectivity index (χ0n) is 20.6. The standard InChI is InChI=1S/C27H42O3Si/c1-22(28-20-24-14-10-8-11-15-24)18-26(30-31(6,7)27(3,4)5)19-23(2)29-21-25-16-12-9-13-17-25/h8-17,22-23,26H,18-21H2,1-7H3/t22-,23-/m1/s1. The van der Waals surface area contributed by atoms with Crippen LogP contribution >= 0.6 is 0 Å². The van der Waals surface area contributed by atoms with Gasteiger partial charge in [0.1, 0.15) is 0 Å². The Morgan fingerprint density at radius 3 is 1.45 bits per heavy atom. The normalized spacial score (nSPS) is 14.6. The second-order valence-electron chi connectivity index (χ2n) is 10.2. The first-order valence-corrected chi connectivity index (χ1v) is 14.5. The molecule has 0 aliphatic heterocycles. The lowest BCUT2D eigenvalue weighted by Crippen LogP contribution is -2.45. The molecule has 0 radical (unpaired) electrons. The van der Waals surface area contributed by atoms with Crippen molar-refractivity contribution in [3.05, 3.63) is 71.8 Å².